The number of pyridine rings is 1. The molecule has 0 N–H and O–H groups in total. The molecular weight excluding hydrogens is 448 g/mol. The second-order valence-corrected chi connectivity index (χ2v) is 9.88. The summed E-state index contributed by atoms with van der Waals surface area (Å²) in [5.74, 6) is -0.171. The van der Waals surface area contributed by atoms with Crippen LogP contribution in [0.3, 0.4) is 0 Å². The fraction of sp³-hybridized carbons (Fsp3) is 0.217. The van der Waals surface area contributed by atoms with Crippen LogP contribution in [0.2, 0.25) is 5.02 Å². The number of amides is 1. The fourth-order valence-corrected chi connectivity index (χ4v) is 5.01. The Morgan fingerprint density at radius 1 is 0.969 bits per heavy atom. The molecule has 1 aliphatic heterocycles. The maximum absolute atomic E-state index is 13.1. The van der Waals surface area contributed by atoms with Gasteiger partial charge in [0.05, 0.1) is 22.3 Å². The third kappa shape index (κ3) is 4.56. The molecule has 0 bridgehead atoms. The number of hydrogen-bond acceptors (Lipinski definition) is 5. The number of nitrogens with zero attached hydrogens (tertiary/aromatic N) is 4. The van der Waals surface area contributed by atoms with Crippen LogP contribution in [0.25, 0.3) is 0 Å². The lowest BCUT2D eigenvalue weighted by molar-refractivity contribution is 0.0746. The third-order valence-corrected chi connectivity index (χ3v) is 7.51. The minimum atomic E-state index is -3.75. The summed E-state index contributed by atoms with van der Waals surface area (Å²) in [7, 11) is -2.29. The topological polar surface area (TPSA) is 73.8 Å². The Morgan fingerprint density at radius 2 is 1.69 bits per heavy atom. The van der Waals surface area contributed by atoms with Crippen LogP contribution < -0.4 is 9.21 Å². The van der Waals surface area contributed by atoms with Crippen LogP contribution in [-0.2, 0) is 10.0 Å². The second-order valence-electron chi connectivity index (χ2n) is 7.48. The molecule has 0 atom stereocenters. The maximum Gasteiger partial charge on any atom is 0.264 e. The van der Waals surface area contributed by atoms with Crippen LogP contribution >= 0.6 is 11.6 Å². The molecule has 1 saturated heterocycles. The van der Waals surface area contributed by atoms with Gasteiger partial charge in [0.25, 0.3) is 15.9 Å². The van der Waals surface area contributed by atoms with Gasteiger partial charge in [-0.25, -0.2) is 8.42 Å². The average molecular weight is 471 g/mol. The van der Waals surface area contributed by atoms with Gasteiger partial charge in [-0.15, -0.1) is 0 Å². The van der Waals surface area contributed by atoms with E-state index in [-0.39, 0.29) is 10.8 Å². The highest BCUT2D eigenvalue weighted by Crippen LogP contribution is 2.24. The Balaban J connectivity index is 1.47. The summed E-state index contributed by atoms with van der Waals surface area (Å²) in [6.45, 7) is 2.46. The minimum absolute atomic E-state index is 0.171. The normalized spacial score (nSPS) is 14.3. The molecule has 9 heteroatoms. The van der Waals surface area contributed by atoms with E-state index in [1.54, 1.807) is 29.2 Å². The summed E-state index contributed by atoms with van der Waals surface area (Å²) < 4.78 is 26.9. The molecule has 32 heavy (non-hydrogen) atoms. The van der Waals surface area contributed by atoms with E-state index in [9.17, 15) is 13.2 Å². The van der Waals surface area contributed by atoms with E-state index in [1.807, 2.05) is 24.3 Å². The van der Waals surface area contributed by atoms with Gasteiger partial charge >= 0.3 is 0 Å². The quantitative estimate of drug-likeness (QED) is 0.570. The minimum Gasteiger partial charge on any atom is -0.368 e. The number of aromatic nitrogens is 1. The molecule has 0 aliphatic carbocycles. The summed E-state index contributed by atoms with van der Waals surface area (Å²) in [4.78, 5) is 21.3. The zero-order valence-corrected chi connectivity index (χ0v) is 19.1. The zero-order valence-electron chi connectivity index (χ0n) is 17.6. The van der Waals surface area contributed by atoms with Crippen molar-refractivity contribution in [1.29, 1.82) is 0 Å². The van der Waals surface area contributed by atoms with Gasteiger partial charge in [0, 0.05) is 50.1 Å². The van der Waals surface area contributed by atoms with Gasteiger partial charge in [-0.1, -0.05) is 35.9 Å². The van der Waals surface area contributed by atoms with Crippen molar-refractivity contribution >= 4 is 38.9 Å². The van der Waals surface area contributed by atoms with Crippen molar-refractivity contribution in [2.45, 2.75) is 4.90 Å². The van der Waals surface area contributed by atoms with Crippen LogP contribution in [0.1, 0.15) is 10.4 Å². The first-order valence-corrected chi connectivity index (χ1v) is 12.0. The van der Waals surface area contributed by atoms with E-state index in [4.69, 9.17) is 11.6 Å². The number of anilines is 2. The number of rotatable bonds is 5. The maximum atomic E-state index is 13.1. The van der Waals surface area contributed by atoms with Gasteiger partial charge in [-0.3, -0.25) is 14.1 Å². The lowest BCUT2D eigenvalue weighted by Crippen LogP contribution is -2.48. The van der Waals surface area contributed by atoms with Gasteiger partial charge in [-0.05, 0) is 36.4 Å². The summed E-state index contributed by atoms with van der Waals surface area (Å²) in [6, 6.07) is 17.4. The molecule has 1 aromatic heterocycles. The van der Waals surface area contributed by atoms with E-state index >= 15 is 0 Å². The van der Waals surface area contributed by atoms with Gasteiger partial charge in [0.2, 0.25) is 0 Å². The van der Waals surface area contributed by atoms with Crippen molar-refractivity contribution in [3.8, 4) is 0 Å². The van der Waals surface area contributed by atoms with Crippen LogP contribution in [0.5, 0.6) is 0 Å². The van der Waals surface area contributed by atoms with Crippen LogP contribution in [0, 0.1) is 0 Å². The molecule has 4 rings (SSSR count). The summed E-state index contributed by atoms with van der Waals surface area (Å²) in [5.41, 5.74) is 1.71. The average Bonchev–Trinajstić information content (AvgIpc) is 2.84. The first-order valence-electron chi connectivity index (χ1n) is 10.1. The van der Waals surface area contributed by atoms with E-state index in [0.717, 1.165) is 9.99 Å². The van der Waals surface area contributed by atoms with E-state index in [2.05, 4.69) is 9.88 Å². The predicted molar refractivity (Wildman–Crippen MR) is 126 cm³/mol. The van der Waals surface area contributed by atoms with Crippen molar-refractivity contribution in [2.75, 3.05) is 42.4 Å². The third-order valence-electron chi connectivity index (χ3n) is 5.48. The highest BCUT2D eigenvalue weighted by atomic mass is 35.5. The lowest BCUT2D eigenvalue weighted by Gasteiger charge is -2.36. The van der Waals surface area contributed by atoms with Crippen LogP contribution in [0.4, 0.5) is 11.4 Å². The lowest BCUT2D eigenvalue weighted by atomic mass is 10.2. The highest BCUT2D eigenvalue weighted by Gasteiger charge is 2.25. The fourth-order valence-electron chi connectivity index (χ4n) is 3.63. The number of sulfonamides is 1. The number of carbonyl (C=O) groups is 1. The molecule has 0 spiro atoms. The first kappa shape index (κ1) is 22.1. The van der Waals surface area contributed by atoms with Crippen molar-refractivity contribution < 1.29 is 13.2 Å². The Kier molecular flexibility index (Phi) is 6.34. The van der Waals surface area contributed by atoms with E-state index in [1.165, 1.54) is 31.6 Å². The SMILES string of the molecule is CN(c1cncc(C(=O)N2CCN(c3cccc(Cl)c3)CC2)c1)S(=O)(=O)c1ccccc1. The summed E-state index contributed by atoms with van der Waals surface area (Å²) >= 11 is 6.09. The molecule has 7 nitrogen and oxygen atoms in total. The summed E-state index contributed by atoms with van der Waals surface area (Å²) in [6.07, 6.45) is 2.91. The first-order chi connectivity index (χ1) is 15.4. The number of hydrogen-bond donors (Lipinski definition) is 0. The number of halogens is 1. The number of benzene rings is 2. The van der Waals surface area contributed by atoms with E-state index < -0.39 is 10.0 Å². The Labute approximate surface area is 192 Å². The molecule has 0 saturated carbocycles. The predicted octanol–water partition coefficient (Wildman–Crippen LogP) is 3.52. The standard InChI is InChI=1S/C23H23ClN4O3S/c1-26(32(30,31)22-8-3-2-4-9-22)21-14-18(16-25-17-21)23(29)28-12-10-27(11-13-28)20-7-5-6-19(24)15-20/h2-9,14-17H,10-13H2,1H3. The molecule has 3 aromatic rings. The number of carbonyl (C=O) groups excluding carboxylic acids is 1. The van der Waals surface area contributed by atoms with Gasteiger partial charge in [0.1, 0.15) is 0 Å². The van der Waals surface area contributed by atoms with Gasteiger partial charge in [0.15, 0.2) is 0 Å². The molecule has 1 fully saturated rings. The number of piperazine rings is 1. The van der Waals surface area contributed by atoms with Crippen molar-refractivity contribution in [3.63, 3.8) is 0 Å². The Bertz CT molecular complexity index is 1210. The smallest absolute Gasteiger partial charge is 0.264 e. The molecule has 1 aliphatic rings. The molecule has 1 amide bonds. The van der Waals surface area contributed by atoms with Crippen molar-refractivity contribution in [2.24, 2.45) is 0 Å². The molecule has 2 heterocycles. The molecule has 166 valence electrons. The monoisotopic (exact) mass is 470 g/mol. The Hall–Kier alpha value is -3.10. The highest BCUT2D eigenvalue weighted by molar-refractivity contribution is 7.92. The Morgan fingerprint density at radius 3 is 2.38 bits per heavy atom. The van der Waals surface area contributed by atoms with E-state index in [0.29, 0.717) is 42.5 Å². The molecule has 0 radical (unpaired) electrons. The van der Waals surface area contributed by atoms with Gasteiger partial charge < -0.3 is 9.80 Å². The zero-order chi connectivity index (χ0) is 22.7. The van der Waals surface area contributed by atoms with Crippen molar-refractivity contribution in [3.05, 3.63) is 83.6 Å². The van der Waals surface area contributed by atoms with Crippen molar-refractivity contribution in [1.82, 2.24) is 9.88 Å². The second kappa shape index (κ2) is 9.18. The molecule has 0 unspecified atom stereocenters. The molecule has 2 aromatic carbocycles. The van der Waals surface area contributed by atoms with Crippen LogP contribution in [-0.4, -0.2) is 57.4 Å². The van der Waals surface area contributed by atoms with Gasteiger partial charge in [-0.2, -0.15) is 0 Å². The largest absolute Gasteiger partial charge is 0.368 e. The summed E-state index contributed by atoms with van der Waals surface area (Å²) in [5, 5.41) is 0.679. The van der Waals surface area contributed by atoms with Crippen LogP contribution in [0.15, 0.2) is 78.0 Å². The molecular formula is C23H23ClN4O3S.